The third-order valence-corrected chi connectivity index (χ3v) is 5.68. The van der Waals surface area contributed by atoms with Gasteiger partial charge in [0.1, 0.15) is 15.7 Å². The molecule has 0 bridgehead atoms. The van der Waals surface area contributed by atoms with Crippen LogP contribution < -0.4 is 5.32 Å². The summed E-state index contributed by atoms with van der Waals surface area (Å²) in [7, 11) is -3.08. The van der Waals surface area contributed by atoms with E-state index in [1.807, 2.05) is 25.1 Å². The van der Waals surface area contributed by atoms with Crippen LogP contribution in [0.1, 0.15) is 18.5 Å². The molecule has 0 radical (unpaired) electrons. The number of hydrogen-bond donors (Lipinski definition) is 1. The molecule has 1 aliphatic heterocycles. The maximum atomic E-state index is 11.9. The van der Waals surface area contributed by atoms with E-state index >= 15 is 0 Å². The molecule has 2 aromatic heterocycles. The predicted octanol–water partition coefficient (Wildman–Crippen LogP) is 2.10. The second kappa shape index (κ2) is 7.67. The normalized spacial score (nSPS) is 17.0. The first-order valence-corrected chi connectivity index (χ1v) is 10.7. The van der Waals surface area contributed by atoms with Gasteiger partial charge in [-0.3, -0.25) is 4.98 Å². The smallest absolute Gasteiger partial charge is 0.163 e. The molecular formula is C18H24N4O3S. The highest BCUT2D eigenvalue weighted by Crippen LogP contribution is 2.32. The van der Waals surface area contributed by atoms with E-state index in [4.69, 9.17) is 4.74 Å². The molecule has 0 atom stereocenters. The van der Waals surface area contributed by atoms with Gasteiger partial charge in [0.15, 0.2) is 5.82 Å². The number of rotatable bonds is 6. The first kappa shape index (κ1) is 18.7. The van der Waals surface area contributed by atoms with E-state index in [-0.39, 0.29) is 11.2 Å². The molecule has 1 saturated heterocycles. The van der Waals surface area contributed by atoms with Crippen LogP contribution >= 0.6 is 0 Å². The average molecular weight is 376 g/mol. The van der Waals surface area contributed by atoms with Gasteiger partial charge in [0, 0.05) is 61.1 Å². The molecule has 1 fully saturated rings. The minimum absolute atomic E-state index is 0.149. The van der Waals surface area contributed by atoms with Crippen molar-refractivity contribution in [2.45, 2.75) is 19.8 Å². The van der Waals surface area contributed by atoms with Crippen molar-refractivity contribution in [3.05, 3.63) is 36.3 Å². The fourth-order valence-corrected chi connectivity index (χ4v) is 4.80. The van der Waals surface area contributed by atoms with Crippen LogP contribution in [-0.2, 0) is 14.6 Å². The fraction of sp³-hybridized carbons (Fsp3) is 0.500. The van der Waals surface area contributed by atoms with E-state index in [9.17, 15) is 8.42 Å². The summed E-state index contributed by atoms with van der Waals surface area (Å²) in [6, 6.07) is 5.62. The molecule has 3 rings (SSSR count). The van der Waals surface area contributed by atoms with Crippen molar-refractivity contribution in [2.75, 3.05) is 37.1 Å². The molecule has 140 valence electrons. The van der Waals surface area contributed by atoms with E-state index in [1.165, 1.54) is 6.26 Å². The van der Waals surface area contributed by atoms with E-state index in [1.54, 1.807) is 12.4 Å². The van der Waals surface area contributed by atoms with Crippen molar-refractivity contribution < 1.29 is 13.2 Å². The Hall–Kier alpha value is -2.06. The van der Waals surface area contributed by atoms with Gasteiger partial charge >= 0.3 is 0 Å². The Labute approximate surface area is 154 Å². The Morgan fingerprint density at radius 1 is 1.27 bits per heavy atom. The van der Waals surface area contributed by atoms with Crippen LogP contribution in [-0.4, -0.2) is 55.1 Å². The number of hydrogen-bond acceptors (Lipinski definition) is 7. The summed E-state index contributed by atoms with van der Waals surface area (Å²) in [5, 5.41) is 3.34. The molecule has 0 amide bonds. The van der Waals surface area contributed by atoms with Crippen LogP contribution in [0.3, 0.4) is 0 Å². The molecule has 0 aromatic carbocycles. The zero-order chi connectivity index (χ0) is 18.6. The number of nitrogens with zero attached hydrogens (tertiary/aromatic N) is 3. The highest BCUT2D eigenvalue weighted by atomic mass is 32.2. The Bertz CT molecular complexity index is 850. The van der Waals surface area contributed by atoms with E-state index in [0.717, 1.165) is 11.3 Å². The molecule has 1 N–H and O–H groups in total. The lowest BCUT2D eigenvalue weighted by molar-refractivity contribution is 0.0315. The van der Waals surface area contributed by atoms with Crippen LogP contribution in [0, 0.1) is 12.3 Å². The highest BCUT2D eigenvalue weighted by molar-refractivity contribution is 7.90. The number of anilines is 1. The van der Waals surface area contributed by atoms with Crippen LogP contribution in [0.5, 0.6) is 0 Å². The third-order valence-electron chi connectivity index (χ3n) is 4.54. The van der Waals surface area contributed by atoms with Gasteiger partial charge in [-0.1, -0.05) is 0 Å². The van der Waals surface area contributed by atoms with Crippen LogP contribution in [0.15, 0.2) is 30.6 Å². The van der Waals surface area contributed by atoms with Crippen LogP contribution in [0.2, 0.25) is 0 Å². The van der Waals surface area contributed by atoms with Crippen LogP contribution in [0.4, 0.5) is 5.82 Å². The molecule has 8 heteroatoms. The first-order valence-electron chi connectivity index (χ1n) is 8.61. The molecule has 26 heavy (non-hydrogen) atoms. The SMILES string of the molecule is Cc1cc(NCC2(CS(C)(=O)=O)CCOCC2)nc(-c2cccnc2)n1. The van der Waals surface area contributed by atoms with Crippen molar-refractivity contribution in [3.8, 4) is 11.4 Å². The van der Waals surface area contributed by atoms with Gasteiger partial charge in [0.2, 0.25) is 0 Å². The van der Waals surface area contributed by atoms with Crippen molar-refractivity contribution in [2.24, 2.45) is 5.41 Å². The highest BCUT2D eigenvalue weighted by Gasteiger charge is 2.36. The van der Waals surface area contributed by atoms with E-state index in [0.29, 0.717) is 44.2 Å². The van der Waals surface area contributed by atoms with Gasteiger partial charge in [-0.2, -0.15) is 0 Å². The molecule has 0 aliphatic carbocycles. The Balaban J connectivity index is 1.80. The maximum Gasteiger partial charge on any atom is 0.163 e. The third kappa shape index (κ3) is 4.98. The van der Waals surface area contributed by atoms with Gasteiger partial charge in [0.05, 0.1) is 5.75 Å². The minimum atomic E-state index is -3.08. The van der Waals surface area contributed by atoms with Crippen molar-refractivity contribution in [1.29, 1.82) is 0 Å². The van der Waals surface area contributed by atoms with Gasteiger partial charge in [-0.15, -0.1) is 0 Å². The molecule has 3 heterocycles. The summed E-state index contributed by atoms with van der Waals surface area (Å²) >= 11 is 0. The fourth-order valence-electron chi connectivity index (χ4n) is 3.29. The summed E-state index contributed by atoms with van der Waals surface area (Å²) in [5.41, 5.74) is 1.35. The first-order chi connectivity index (χ1) is 12.4. The van der Waals surface area contributed by atoms with Crippen LogP contribution in [0.25, 0.3) is 11.4 Å². The lowest BCUT2D eigenvalue weighted by Crippen LogP contribution is -2.41. The van der Waals surface area contributed by atoms with E-state index in [2.05, 4.69) is 20.3 Å². The largest absolute Gasteiger partial charge is 0.381 e. The zero-order valence-corrected chi connectivity index (χ0v) is 15.9. The summed E-state index contributed by atoms with van der Waals surface area (Å²) in [6.07, 6.45) is 6.15. The Morgan fingerprint density at radius 3 is 2.69 bits per heavy atom. The molecule has 1 aliphatic rings. The number of sulfone groups is 1. The van der Waals surface area contributed by atoms with Crippen molar-refractivity contribution in [3.63, 3.8) is 0 Å². The summed E-state index contributed by atoms with van der Waals surface area (Å²) in [4.78, 5) is 13.2. The predicted molar refractivity (Wildman–Crippen MR) is 101 cm³/mol. The second-order valence-electron chi connectivity index (χ2n) is 7.00. The summed E-state index contributed by atoms with van der Waals surface area (Å²) < 4.78 is 29.2. The lowest BCUT2D eigenvalue weighted by Gasteiger charge is -2.36. The van der Waals surface area contributed by atoms with Crippen molar-refractivity contribution in [1.82, 2.24) is 15.0 Å². The molecule has 2 aromatic rings. The maximum absolute atomic E-state index is 11.9. The number of aromatic nitrogens is 3. The van der Waals surface area contributed by atoms with Gasteiger partial charge in [-0.25, -0.2) is 18.4 Å². The molecule has 0 saturated carbocycles. The lowest BCUT2D eigenvalue weighted by atomic mass is 9.82. The second-order valence-corrected chi connectivity index (χ2v) is 9.14. The van der Waals surface area contributed by atoms with E-state index < -0.39 is 9.84 Å². The monoisotopic (exact) mass is 376 g/mol. The molecular weight excluding hydrogens is 352 g/mol. The molecule has 0 unspecified atom stereocenters. The number of ether oxygens (including phenoxy) is 1. The van der Waals surface area contributed by atoms with Gasteiger partial charge in [-0.05, 0) is 31.9 Å². The topological polar surface area (TPSA) is 94.1 Å². The summed E-state index contributed by atoms with van der Waals surface area (Å²) in [6.45, 7) is 3.61. The Kier molecular flexibility index (Phi) is 5.52. The number of nitrogens with one attached hydrogen (secondary N) is 1. The van der Waals surface area contributed by atoms with Gasteiger partial charge < -0.3 is 10.1 Å². The Morgan fingerprint density at radius 2 is 2.04 bits per heavy atom. The summed E-state index contributed by atoms with van der Waals surface area (Å²) in [5.74, 6) is 1.44. The van der Waals surface area contributed by atoms with Crippen molar-refractivity contribution >= 4 is 15.7 Å². The average Bonchev–Trinajstić information content (AvgIpc) is 2.60. The van der Waals surface area contributed by atoms with Gasteiger partial charge in [0.25, 0.3) is 0 Å². The number of pyridine rings is 1. The molecule has 0 spiro atoms. The number of aryl methyl sites for hydroxylation is 1. The quantitative estimate of drug-likeness (QED) is 0.825. The zero-order valence-electron chi connectivity index (χ0n) is 15.1. The minimum Gasteiger partial charge on any atom is -0.381 e. The molecule has 7 nitrogen and oxygen atoms in total. The standard InChI is InChI=1S/C18H24N4O3S/c1-14-10-16(22-17(21-14)15-4-3-7-19-11-15)20-12-18(13-26(2,23)24)5-8-25-9-6-18/h3-4,7,10-11H,5-6,8-9,12-13H2,1-2H3,(H,20,21,22).